The van der Waals surface area contributed by atoms with E-state index >= 15 is 0 Å². The Morgan fingerprint density at radius 3 is 1.49 bits per heavy atom. The number of halogens is 3. The lowest BCUT2D eigenvalue weighted by Gasteiger charge is -2.11. The molecule has 326 valence electrons. The first-order valence-corrected chi connectivity index (χ1v) is 23.7. The molecule has 0 atom stereocenters. The summed E-state index contributed by atoms with van der Waals surface area (Å²) in [5.41, 5.74) is 18.7. The lowest BCUT2D eigenvalue weighted by Crippen LogP contribution is -1.96. The summed E-state index contributed by atoms with van der Waals surface area (Å²) < 4.78 is 13.3. The minimum Gasteiger partial charge on any atom is -0.278 e. The molecule has 0 amide bonds. The fourth-order valence-corrected chi connectivity index (χ4v) is 11.4. The van der Waals surface area contributed by atoms with Crippen molar-refractivity contribution >= 4 is 118 Å². The molecule has 69 heavy (non-hydrogen) atoms. The van der Waals surface area contributed by atoms with Gasteiger partial charge in [-0.2, -0.15) is 0 Å². The maximum atomic E-state index is 6.91. The van der Waals surface area contributed by atoms with E-state index in [2.05, 4.69) is 172 Å². The monoisotopic (exact) mass is 947 g/mol. The zero-order valence-electron chi connectivity index (χ0n) is 36.1. The number of rotatable bonds is 5. The van der Waals surface area contributed by atoms with E-state index in [-0.39, 0.29) is 0 Å². The molecular weight excluding hydrogens is 917 g/mol. The van der Waals surface area contributed by atoms with Gasteiger partial charge in [0, 0.05) is 33.2 Å². The van der Waals surface area contributed by atoms with Crippen LogP contribution in [0.25, 0.3) is 123 Å². The molecule has 0 saturated heterocycles. The van der Waals surface area contributed by atoms with Crippen molar-refractivity contribution in [3.05, 3.63) is 209 Å². The van der Waals surface area contributed by atoms with Crippen LogP contribution in [0.4, 0.5) is 0 Å². The third kappa shape index (κ3) is 5.40. The average Bonchev–Trinajstić information content (AvgIpc) is 4.22. The van der Waals surface area contributed by atoms with E-state index in [9.17, 15) is 0 Å². The van der Waals surface area contributed by atoms with E-state index in [4.69, 9.17) is 49.8 Å². The summed E-state index contributed by atoms with van der Waals surface area (Å²) in [4.78, 5) is 15.5. The van der Waals surface area contributed by atoms with E-state index in [0.717, 1.165) is 123 Å². The Kier molecular flexibility index (Phi) is 8.05. The van der Waals surface area contributed by atoms with Gasteiger partial charge in [0.2, 0.25) is 17.3 Å². The first-order valence-electron chi connectivity index (χ1n) is 22.5. The van der Waals surface area contributed by atoms with Gasteiger partial charge in [0.1, 0.15) is 5.52 Å². The number of imidazole rings is 6. The van der Waals surface area contributed by atoms with Crippen molar-refractivity contribution < 1.29 is 0 Å². The summed E-state index contributed by atoms with van der Waals surface area (Å²) >= 11 is 20.2. The molecule has 6 heterocycles. The normalized spacial score (nSPS) is 12.3. The highest BCUT2D eigenvalue weighted by atomic mass is 35.5. The van der Waals surface area contributed by atoms with E-state index in [1.807, 2.05) is 48.5 Å². The van der Waals surface area contributed by atoms with Crippen molar-refractivity contribution in [2.24, 2.45) is 0 Å². The number of hydrogen-bond donors (Lipinski definition) is 0. The Balaban J connectivity index is 0.901. The lowest BCUT2D eigenvalue weighted by molar-refractivity contribution is 1.11. The van der Waals surface area contributed by atoms with Gasteiger partial charge in [0.05, 0.1) is 70.7 Å². The zero-order chi connectivity index (χ0) is 45.6. The van der Waals surface area contributed by atoms with Gasteiger partial charge in [-0.3, -0.25) is 26.9 Å². The summed E-state index contributed by atoms with van der Waals surface area (Å²) in [6, 6.07) is 66.9. The van der Waals surface area contributed by atoms with Crippen molar-refractivity contribution in [3.8, 4) is 39.3 Å². The number of benzene rings is 9. The van der Waals surface area contributed by atoms with Crippen molar-refractivity contribution in [1.29, 1.82) is 0 Å². The minimum absolute atomic E-state index is 0.599. The molecule has 0 aliphatic rings. The Hall–Kier alpha value is -8.34. The van der Waals surface area contributed by atoms with Crippen LogP contribution in [0.2, 0.25) is 15.1 Å². The molecule has 15 aromatic rings. The van der Waals surface area contributed by atoms with Gasteiger partial charge in [0.15, 0.2) is 0 Å². The van der Waals surface area contributed by atoms with Gasteiger partial charge in [-0.05, 0) is 114 Å². The number of para-hydroxylation sites is 7. The second kappa shape index (κ2) is 14.3. The van der Waals surface area contributed by atoms with Gasteiger partial charge in [-0.1, -0.05) is 126 Å². The van der Waals surface area contributed by atoms with Crippen LogP contribution in [0.1, 0.15) is 0 Å². The topological polar surface area (TPSA) is 66.7 Å². The first kappa shape index (κ1) is 38.7. The van der Waals surface area contributed by atoms with Crippen molar-refractivity contribution in [3.63, 3.8) is 0 Å². The SMILES string of the molecule is Clc1ccc2c(c1)nc1n(-c3ccccc3)c3cccc(-c4ccc(-n5c6cccc(-c7ccc(-n8c9ccccc9n9c%10c(Cl)cccc%10nc89)cc7)c6n6c7cccc(Cl)c7nc56)cc4)c3n21. The Morgan fingerprint density at radius 2 is 0.812 bits per heavy atom. The summed E-state index contributed by atoms with van der Waals surface area (Å²) in [6.07, 6.45) is 0. The number of fused-ring (bicyclic) bond motifs is 15. The number of nitrogens with zero attached hydrogens (tertiary/aromatic N) is 9. The van der Waals surface area contributed by atoms with Crippen LogP contribution in [0.15, 0.2) is 194 Å². The third-order valence-electron chi connectivity index (χ3n) is 13.6. The molecule has 0 aliphatic carbocycles. The molecule has 12 heteroatoms. The van der Waals surface area contributed by atoms with Crippen molar-refractivity contribution in [2.75, 3.05) is 0 Å². The van der Waals surface area contributed by atoms with Crippen LogP contribution in [0.3, 0.4) is 0 Å². The molecule has 0 bridgehead atoms. The van der Waals surface area contributed by atoms with Crippen LogP contribution < -0.4 is 0 Å². The summed E-state index contributed by atoms with van der Waals surface area (Å²) in [7, 11) is 0. The van der Waals surface area contributed by atoms with Crippen LogP contribution >= 0.6 is 34.8 Å². The van der Waals surface area contributed by atoms with Crippen LogP contribution in [-0.2, 0) is 0 Å². The highest BCUT2D eigenvalue weighted by Crippen LogP contribution is 2.41. The highest BCUT2D eigenvalue weighted by molar-refractivity contribution is 6.35. The molecule has 0 unspecified atom stereocenters. The third-order valence-corrected chi connectivity index (χ3v) is 14.5. The van der Waals surface area contributed by atoms with Crippen LogP contribution in [-0.4, -0.2) is 41.9 Å². The summed E-state index contributed by atoms with van der Waals surface area (Å²) in [6.45, 7) is 0. The molecule has 9 nitrogen and oxygen atoms in total. The maximum Gasteiger partial charge on any atom is 0.220 e. The quantitative estimate of drug-likeness (QED) is 0.173. The molecule has 0 fully saturated rings. The van der Waals surface area contributed by atoms with Gasteiger partial charge in [-0.25, -0.2) is 15.0 Å². The smallest absolute Gasteiger partial charge is 0.220 e. The minimum atomic E-state index is 0.599. The van der Waals surface area contributed by atoms with Gasteiger partial charge >= 0.3 is 0 Å². The van der Waals surface area contributed by atoms with Gasteiger partial charge in [-0.15, -0.1) is 0 Å². The van der Waals surface area contributed by atoms with Gasteiger partial charge in [0.25, 0.3) is 0 Å². The highest BCUT2D eigenvalue weighted by Gasteiger charge is 2.24. The lowest BCUT2D eigenvalue weighted by atomic mass is 10.0. The zero-order valence-corrected chi connectivity index (χ0v) is 38.4. The summed E-state index contributed by atoms with van der Waals surface area (Å²) in [5.74, 6) is 2.39. The number of hydrogen-bond acceptors (Lipinski definition) is 3. The molecule has 0 radical (unpaired) electrons. The fraction of sp³-hybridized carbons (Fsp3) is 0. The maximum absolute atomic E-state index is 6.91. The standard InChI is InChI=1S/C57H32Cl3N9/c58-35-26-31-45-44(32-35)62-56-65(36-10-2-1-3-11-36)49-20-6-12-39(52(49)67(45)56)33-24-29-38(30-25-33)66-50-21-7-13-40(53(50)69-48-19-9-14-41(59)51(48)63-57(66)69)34-22-27-37(28-23-34)64-46-17-4-5-18-47(46)68-54-42(60)15-8-16-43(54)61-55(64)68/h1-32H. The largest absolute Gasteiger partial charge is 0.278 e. The molecular formula is C57H32Cl3N9. The number of aromatic nitrogens is 9. The molecule has 0 N–H and O–H groups in total. The summed E-state index contributed by atoms with van der Waals surface area (Å²) in [5, 5.41) is 1.91. The molecule has 0 aliphatic heterocycles. The Morgan fingerprint density at radius 1 is 0.319 bits per heavy atom. The first-order chi connectivity index (χ1) is 34.0. The van der Waals surface area contributed by atoms with Crippen molar-refractivity contribution in [2.45, 2.75) is 0 Å². The molecule has 0 spiro atoms. The van der Waals surface area contributed by atoms with Crippen LogP contribution in [0.5, 0.6) is 0 Å². The van der Waals surface area contributed by atoms with Gasteiger partial charge < -0.3 is 0 Å². The molecule has 9 aromatic carbocycles. The Bertz CT molecular complexity index is 4630. The van der Waals surface area contributed by atoms with Crippen molar-refractivity contribution in [1.82, 2.24) is 41.9 Å². The molecule has 0 saturated carbocycles. The predicted octanol–water partition coefficient (Wildman–Crippen LogP) is 15.2. The second-order valence-electron chi connectivity index (χ2n) is 17.4. The van der Waals surface area contributed by atoms with E-state index < -0.39 is 0 Å². The fourth-order valence-electron chi connectivity index (χ4n) is 10.7. The molecule has 15 rings (SSSR count). The van der Waals surface area contributed by atoms with E-state index in [1.54, 1.807) is 0 Å². The van der Waals surface area contributed by atoms with E-state index in [0.29, 0.717) is 15.1 Å². The van der Waals surface area contributed by atoms with Crippen LogP contribution in [0, 0.1) is 0 Å². The van der Waals surface area contributed by atoms with E-state index in [1.165, 1.54) is 0 Å². The second-order valence-corrected chi connectivity index (χ2v) is 18.6. The average molecular weight is 949 g/mol. The Labute approximate surface area is 406 Å². The molecule has 6 aromatic heterocycles. The predicted molar refractivity (Wildman–Crippen MR) is 282 cm³/mol.